The predicted octanol–water partition coefficient (Wildman–Crippen LogP) is 2.72. The molecule has 0 bridgehead atoms. The summed E-state index contributed by atoms with van der Waals surface area (Å²) in [6.45, 7) is 4.62. The topological polar surface area (TPSA) is 74.8 Å². The molecule has 2 aliphatic rings. The van der Waals surface area contributed by atoms with Gasteiger partial charge < -0.3 is 19.9 Å². The minimum Gasteiger partial charge on any atom is -0.378 e. The summed E-state index contributed by atoms with van der Waals surface area (Å²) in [4.78, 5) is 33.8. The Labute approximate surface area is 177 Å². The molecular formula is C23H28N4O3. The number of ether oxygens (including phenoxy) is 1. The lowest BCUT2D eigenvalue weighted by Gasteiger charge is -2.32. The van der Waals surface area contributed by atoms with Crippen molar-refractivity contribution in [2.24, 2.45) is 5.92 Å². The van der Waals surface area contributed by atoms with E-state index in [1.54, 1.807) is 11.1 Å². The summed E-state index contributed by atoms with van der Waals surface area (Å²) in [6, 6.07) is 13.2. The molecule has 1 aromatic heterocycles. The molecule has 0 saturated carbocycles. The number of nitrogens with one attached hydrogen (secondary N) is 1. The van der Waals surface area contributed by atoms with E-state index in [4.69, 9.17) is 4.74 Å². The lowest BCUT2D eigenvalue weighted by molar-refractivity contribution is 0.0854. The van der Waals surface area contributed by atoms with Crippen LogP contribution in [-0.2, 0) is 11.3 Å². The van der Waals surface area contributed by atoms with Crippen LogP contribution in [0.4, 0.5) is 10.6 Å². The summed E-state index contributed by atoms with van der Waals surface area (Å²) in [7, 11) is 0. The van der Waals surface area contributed by atoms with E-state index in [0.29, 0.717) is 45.7 Å². The van der Waals surface area contributed by atoms with Gasteiger partial charge in [-0.1, -0.05) is 36.4 Å². The van der Waals surface area contributed by atoms with Crippen LogP contribution in [0.5, 0.6) is 0 Å². The molecule has 1 N–H and O–H groups in total. The molecule has 2 amide bonds. The van der Waals surface area contributed by atoms with E-state index in [9.17, 15) is 9.59 Å². The number of ketones is 1. The van der Waals surface area contributed by atoms with E-state index >= 15 is 0 Å². The number of amides is 2. The number of anilines is 1. The van der Waals surface area contributed by atoms with Crippen LogP contribution in [0.1, 0.15) is 28.8 Å². The van der Waals surface area contributed by atoms with Gasteiger partial charge >= 0.3 is 6.03 Å². The van der Waals surface area contributed by atoms with E-state index < -0.39 is 0 Å². The average molecular weight is 409 g/mol. The van der Waals surface area contributed by atoms with Gasteiger partial charge in [0.05, 0.1) is 13.2 Å². The van der Waals surface area contributed by atoms with Crippen molar-refractivity contribution in [1.29, 1.82) is 0 Å². The average Bonchev–Trinajstić information content (AvgIpc) is 2.83. The first kappa shape index (κ1) is 20.3. The number of likely N-dealkylation sites (tertiary alicyclic amines) is 1. The number of urea groups is 1. The molecule has 2 aliphatic heterocycles. The number of aromatic nitrogens is 1. The molecule has 0 atom stereocenters. The van der Waals surface area contributed by atoms with Crippen molar-refractivity contribution in [1.82, 2.24) is 15.2 Å². The maximum atomic E-state index is 12.7. The van der Waals surface area contributed by atoms with Crippen LogP contribution in [0.15, 0.2) is 48.7 Å². The molecule has 0 spiro atoms. The number of hydrogen-bond donors (Lipinski definition) is 1. The maximum Gasteiger partial charge on any atom is 0.317 e. The Balaban J connectivity index is 1.29. The van der Waals surface area contributed by atoms with E-state index in [1.807, 2.05) is 42.5 Å². The number of nitrogens with zero attached hydrogens (tertiary/aromatic N) is 3. The van der Waals surface area contributed by atoms with Crippen molar-refractivity contribution in [3.8, 4) is 0 Å². The van der Waals surface area contributed by atoms with Crippen LogP contribution in [0.25, 0.3) is 0 Å². The van der Waals surface area contributed by atoms with Gasteiger partial charge in [-0.2, -0.15) is 0 Å². The quantitative estimate of drug-likeness (QED) is 0.770. The molecule has 1 aromatic carbocycles. The van der Waals surface area contributed by atoms with Crippen LogP contribution in [-0.4, -0.2) is 61.1 Å². The van der Waals surface area contributed by atoms with E-state index in [2.05, 4.69) is 15.2 Å². The second-order valence-electron chi connectivity index (χ2n) is 7.74. The molecule has 2 aromatic rings. The molecule has 158 valence electrons. The second-order valence-corrected chi connectivity index (χ2v) is 7.74. The van der Waals surface area contributed by atoms with Crippen molar-refractivity contribution in [2.75, 3.05) is 44.3 Å². The van der Waals surface area contributed by atoms with Crippen LogP contribution in [0, 0.1) is 5.92 Å². The summed E-state index contributed by atoms with van der Waals surface area (Å²) in [6.07, 6.45) is 3.19. The van der Waals surface area contributed by atoms with Gasteiger partial charge in [0.25, 0.3) is 0 Å². The summed E-state index contributed by atoms with van der Waals surface area (Å²) in [5.41, 5.74) is 1.76. The highest BCUT2D eigenvalue weighted by Gasteiger charge is 2.28. The number of pyridine rings is 1. The van der Waals surface area contributed by atoms with Gasteiger partial charge in [0.2, 0.25) is 0 Å². The smallest absolute Gasteiger partial charge is 0.317 e. The van der Waals surface area contributed by atoms with Crippen molar-refractivity contribution in [3.63, 3.8) is 0 Å². The Morgan fingerprint density at radius 3 is 2.47 bits per heavy atom. The molecule has 3 heterocycles. The summed E-state index contributed by atoms with van der Waals surface area (Å²) < 4.78 is 5.42. The first-order valence-electron chi connectivity index (χ1n) is 10.6. The Morgan fingerprint density at radius 2 is 1.73 bits per heavy atom. The molecule has 30 heavy (non-hydrogen) atoms. The maximum absolute atomic E-state index is 12.7. The molecule has 4 rings (SSSR count). The van der Waals surface area contributed by atoms with Crippen LogP contribution in [0.2, 0.25) is 0 Å². The third kappa shape index (κ3) is 4.79. The highest BCUT2D eigenvalue weighted by Crippen LogP contribution is 2.22. The standard InChI is InChI=1S/C23H28N4O3/c28-21(18-5-2-1-3-6-18)19-8-11-27(12-9-19)23(29)25-17-20-7-4-10-24-22(20)26-13-15-30-16-14-26/h1-7,10,19H,8-9,11-17H2,(H,25,29). The van der Waals surface area contributed by atoms with Gasteiger partial charge in [-0.3, -0.25) is 4.79 Å². The number of morpholine rings is 1. The third-order valence-electron chi connectivity index (χ3n) is 5.82. The monoisotopic (exact) mass is 408 g/mol. The minimum atomic E-state index is -0.0857. The highest BCUT2D eigenvalue weighted by molar-refractivity contribution is 5.98. The zero-order valence-electron chi connectivity index (χ0n) is 17.1. The summed E-state index contributed by atoms with van der Waals surface area (Å²) in [5, 5.41) is 3.03. The third-order valence-corrected chi connectivity index (χ3v) is 5.82. The lowest BCUT2D eigenvalue weighted by atomic mass is 9.89. The van der Waals surface area contributed by atoms with E-state index in [-0.39, 0.29) is 17.7 Å². The SMILES string of the molecule is O=C(c1ccccc1)C1CCN(C(=O)NCc2cccnc2N2CCOCC2)CC1. The molecule has 2 fully saturated rings. The molecular weight excluding hydrogens is 380 g/mol. The number of hydrogen-bond acceptors (Lipinski definition) is 5. The van der Waals surface area contributed by atoms with Crippen molar-refractivity contribution >= 4 is 17.6 Å². The van der Waals surface area contributed by atoms with Crippen molar-refractivity contribution in [2.45, 2.75) is 19.4 Å². The van der Waals surface area contributed by atoms with Crippen LogP contribution in [0.3, 0.4) is 0 Å². The Hall–Kier alpha value is -2.93. The number of rotatable bonds is 5. The Kier molecular flexibility index (Phi) is 6.59. The van der Waals surface area contributed by atoms with Gasteiger partial charge in [0.15, 0.2) is 5.78 Å². The molecule has 0 aliphatic carbocycles. The fraction of sp³-hybridized carbons (Fsp3) is 0.435. The fourth-order valence-electron chi connectivity index (χ4n) is 4.09. The summed E-state index contributed by atoms with van der Waals surface area (Å²) in [5.74, 6) is 1.08. The summed E-state index contributed by atoms with van der Waals surface area (Å²) >= 11 is 0. The molecule has 0 unspecified atom stereocenters. The first-order chi connectivity index (χ1) is 14.7. The van der Waals surface area contributed by atoms with Crippen molar-refractivity contribution < 1.29 is 14.3 Å². The number of piperidine rings is 1. The Bertz CT molecular complexity index is 860. The van der Waals surface area contributed by atoms with Crippen LogP contribution >= 0.6 is 0 Å². The predicted molar refractivity (Wildman–Crippen MR) is 115 cm³/mol. The number of carbonyl (C=O) groups excluding carboxylic acids is 2. The zero-order chi connectivity index (χ0) is 20.8. The van der Waals surface area contributed by atoms with Gasteiger partial charge in [-0.25, -0.2) is 9.78 Å². The van der Waals surface area contributed by atoms with E-state index in [1.165, 1.54) is 0 Å². The number of benzene rings is 1. The largest absolute Gasteiger partial charge is 0.378 e. The van der Waals surface area contributed by atoms with Gasteiger partial charge in [0.1, 0.15) is 5.82 Å². The van der Waals surface area contributed by atoms with E-state index in [0.717, 1.165) is 30.0 Å². The fourth-order valence-corrected chi connectivity index (χ4v) is 4.09. The molecule has 2 saturated heterocycles. The highest BCUT2D eigenvalue weighted by atomic mass is 16.5. The zero-order valence-corrected chi connectivity index (χ0v) is 17.1. The van der Waals surface area contributed by atoms with Gasteiger partial charge in [0, 0.05) is 56.0 Å². The minimum absolute atomic E-state index is 0.0114. The van der Waals surface area contributed by atoms with Gasteiger partial charge in [-0.05, 0) is 18.9 Å². The Morgan fingerprint density at radius 1 is 1.00 bits per heavy atom. The first-order valence-corrected chi connectivity index (χ1v) is 10.6. The molecule has 0 radical (unpaired) electrons. The van der Waals surface area contributed by atoms with Crippen molar-refractivity contribution in [3.05, 3.63) is 59.8 Å². The number of Topliss-reactive ketones (excluding diaryl/α,β-unsaturated/α-hetero) is 1. The van der Waals surface area contributed by atoms with Gasteiger partial charge in [-0.15, -0.1) is 0 Å². The molecule has 7 heteroatoms. The molecule has 7 nitrogen and oxygen atoms in total. The second kappa shape index (κ2) is 9.71. The lowest BCUT2D eigenvalue weighted by Crippen LogP contribution is -2.45. The number of carbonyl (C=O) groups is 2. The normalized spacial score (nSPS) is 17.6. The van der Waals surface area contributed by atoms with Crippen LogP contribution < -0.4 is 10.2 Å².